The molecule has 0 N–H and O–H groups in total. The predicted octanol–water partition coefficient (Wildman–Crippen LogP) is 11.7. The highest BCUT2D eigenvalue weighted by molar-refractivity contribution is 5.59. The average molecular weight is 659 g/mol. The summed E-state index contributed by atoms with van der Waals surface area (Å²) in [7, 11) is 0. The zero-order valence-electron chi connectivity index (χ0n) is 30.5. The Bertz CT molecular complexity index is 1420. The number of nitrogens with zero attached hydrogens (tertiary/aromatic N) is 4. The maximum atomic E-state index is 7.56. The highest BCUT2D eigenvalue weighted by atomic mass is 16.5. The van der Waals surface area contributed by atoms with Gasteiger partial charge in [-0.05, 0) is 73.3 Å². The van der Waals surface area contributed by atoms with Gasteiger partial charge < -0.3 is 4.74 Å². The molecule has 2 aliphatic carbocycles. The Balaban J connectivity index is 1.29. The number of benzene rings is 2. The van der Waals surface area contributed by atoms with Gasteiger partial charge in [-0.3, -0.25) is 19.9 Å². The molecule has 2 saturated carbocycles. The average Bonchev–Trinajstić information content (AvgIpc) is 3.17. The zero-order valence-corrected chi connectivity index (χ0v) is 30.5. The maximum absolute atomic E-state index is 7.56. The molecule has 2 heterocycles. The molecule has 5 nitrogen and oxygen atoms in total. The van der Waals surface area contributed by atoms with Crippen molar-refractivity contribution < 1.29 is 4.74 Å². The van der Waals surface area contributed by atoms with E-state index in [2.05, 4.69) is 86.2 Å². The van der Waals surface area contributed by atoms with Crippen LogP contribution in [0.25, 0.3) is 22.5 Å². The summed E-state index contributed by atoms with van der Waals surface area (Å²) in [6, 6.07) is 18.2. The van der Waals surface area contributed by atoms with Crippen molar-refractivity contribution in [2.45, 2.75) is 130 Å². The highest BCUT2D eigenvalue weighted by Crippen LogP contribution is 2.47. The van der Waals surface area contributed by atoms with Gasteiger partial charge in [0.15, 0.2) is 0 Å². The van der Waals surface area contributed by atoms with E-state index in [0.717, 1.165) is 71.4 Å². The van der Waals surface area contributed by atoms with Crippen LogP contribution in [-0.2, 0) is 17.6 Å². The van der Waals surface area contributed by atoms with Gasteiger partial charge in [0.25, 0.3) is 0 Å². The minimum atomic E-state index is 0.0652. The molecule has 0 amide bonds. The summed E-state index contributed by atoms with van der Waals surface area (Å²) >= 11 is 0. The van der Waals surface area contributed by atoms with Crippen molar-refractivity contribution in [1.82, 2.24) is 19.9 Å². The van der Waals surface area contributed by atoms with Gasteiger partial charge in [-0.25, -0.2) is 0 Å². The molecule has 2 unspecified atom stereocenters. The van der Waals surface area contributed by atoms with E-state index in [-0.39, 0.29) is 12.2 Å². The number of hydrogen-bond donors (Lipinski definition) is 0. The lowest BCUT2D eigenvalue weighted by molar-refractivity contribution is -0.0905. The molecule has 260 valence electrons. The first-order valence-corrected chi connectivity index (χ1v) is 19.6. The number of aryl methyl sites for hydroxylation is 2. The van der Waals surface area contributed by atoms with E-state index in [4.69, 9.17) is 14.7 Å². The van der Waals surface area contributed by atoms with Crippen molar-refractivity contribution in [2.75, 3.05) is 0 Å². The Morgan fingerprint density at radius 1 is 0.510 bits per heavy atom. The standard InChI is InChI=1S/C44H58N4O/c1-5-9-39-27-47-41(29-45-39)33-19-23-37(24-20-33)43(35-15-11-31(7-3)12-16-35)49-44(36-17-13-32(8-4)14-18-36)38-25-21-34(22-26-38)42-30-46-40(10-6-2)28-48-42/h19-32,35-36,43-44H,5-18H2,1-4H3/t31-,32-,35-,36-,43?,44?. The zero-order chi connectivity index (χ0) is 34.0. The summed E-state index contributed by atoms with van der Waals surface area (Å²) in [6.07, 6.45) is 24.7. The third-order valence-electron chi connectivity index (χ3n) is 11.6. The second-order valence-corrected chi connectivity index (χ2v) is 14.9. The number of rotatable bonds is 14. The van der Waals surface area contributed by atoms with Crippen LogP contribution in [0.1, 0.15) is 139 Å². The fourth-order valence-corrected chi connectivity index (χ4v) is 8.35. The fraction of sp³-hybridized carbons (Fsp3) is 0.545. The lowest BCUT2D eigenvalue weighted by atomic mass is 9.75. The summed E-state index contributed by atoms with van der Waals surface area (Å²) in [6.45, 7) is 9.07. The molecule has 0 radical (unpaired) electrons. The van der Waals surface area contributed by atoms with Gasteiger partial charge in [0.05, 0.1) is 47.4 Å². The molecular weight excluding hydrogens is 601 g/mol. The molecule has 2 aromatic heterocycles. The van der Waals surface area contributed by atoms with E-state index in [1.165, 1.54) is 75.3 Å². The molecule has 0 saturated heterocycles. The van der Waals surface area contributed by atoms with Crippen molar-refractivity contribution in [1.29, 1.82) is 0 Å². The Kier molecular flexibility index (Phi) is 12.6. The molecule has 4 aromatic rings. The largest absolute Gasteiger partial charge is 0.365 e. The lowest BCUT2D eigenvalue weighted by Gasteiger charge is -2.40. The molecular formula is C44H58N4O. The summed E-state index contributed by atoms with van der Waals surface area (Å²) in [4.78, 5) is 18.8. The van der Waals surface area contributed by atoms with Gasteiger partial charge in [-0.15, -0.1) is 0 Å². The third-order valence-corrected chi connectivity index (χ3v) is 11.6. The number of ether oxygens (including phenoxy) is 1. The van der Waals surface area contributed by atoms with Crippen LogP contribution in [0.15, 0.2) is 73.3 Å². The molecule has 2 aromatic carbocycles. The molecule has 2 atom stereocenters. The Morgan fingerprint density at radius 3 is 1.20 bits per heavy atom. The molecule has 5 heteroatoms. The van der Waals surface area contributed by atoms with Crippen LogP contribution in [0.3, 0.4) is 0 Å². The second kappa shape index (κ2) is 17.5. The molecule has 0 spiro atoms. The summed E-state index contributed by atoms with van der Waals surface area (Å²) in [5, 5.41) is 0. The smallest absolute Gasteiger partial charge is 0.0885 e. The van der Waals surface area contributed by atoms with Crippen molar-refractivity contribution >= 4 is 0 Å². The summed E-state index contributed by atoms with van der Waals surface area (Å²) in [5.41, 5.74) is 8.81. The monoisotopic (exact) mass is 658 g/mol. The number of aromatic nitrogens is 4. The van der Waals surface area contributed by atoms with Gasteiger partial charge in [0.1, 0.15) is 0 Å². The van der Waals surface area contributed by atoms with Crippen LogP contribution in [0, 0.1) is 23.7 Å². The fourth-order valence-electron chi connectivity index (χ4n) is 8.35. The van der Waals surface area contributed by atoms with Gasteiger partial charge in [0.2, 0.25) is 0 Å². The first-order valence-electron chi connectivity index (χ1n) is 19.6. The maximum Gasteiger partial charge on any atom is 0.0885 e. The Labute approximate surface area is 295 Å². The normalized spacial score (nSPS) is 22.4. The van der Waals surface area contributed by atoms with Crippen LogP contribution in [0.2, 0.25) is 0 Å². The van der Waals surface area contributed by atoms with Crippen LogP contribution in [-0.4, -0.2) is 19.9 Å². The first-order chi connectivity index (χ1) is 24.1. The molecule has 49 heavy (non-hydrogen) atoms. The van der Waals surface area contributed by atoms with Gasteiger partial charge in [-0.1, -0.05) is 128 Å². The van der Waals surface area contributed by atoms with Gasteiger partial charge in [0, 0.05) is 23.5 Å². The quantitative estimate of drug-likeness (QED) is 0.135. The van der Waals surface area contributed by atoms with E-state index in [0.29, 0.717) is 11.8 Å². The minimum absolute atomic E-state index is 0.0652. The van der Waals surface area contributed by atoms with Crippen LogP contribution >= 0.6 is 0 Å². The van der Waals surface area contributed by atoms with E-state index >= 15 is 0 Å². The lowest BCUT2D eigenvalue weighted by Crippen LogP contribution is -2.28. The van der Waals surface area contributed by atoms with Crippen molar-refractivity contribution in [3.05, 3.63) is 95.8 Å². The predicted molar refractivity (Wildman–Crippen MR) is 201 cm³/mol. The van der Waals surface area contributed by atoms with Crippen molar-refractivity contribution in [3.8, 4) is 22.5 Å². The van der Waals surface area contributed by atoms with Crippen LogP contribution < -0.4 is 0 Å². The van der Waals surface area contributed by atoms with Crippen LogP contribution in [0.4, 0.5) is 0 Å². The topological polar surface area (TPSA) is 60.8 Å². The highest BCUT2D eigenvalue weighted by Gasteiger charge is 2.35. The van der Waals surface area contributed by atoms with Crippen LogP contribution in [0.5, 0.6) is 0 Å². The molecule has 6 rings (SSSR count). The molecule has 0 bridgehead atoms. The molecule has 2 fully saturated rings. The first kappa shape index (κ1) is 35.4. The Morgan fingerprint density at radius 2 is 0.898 bits per heavy atom. The summed E-state index contributed by atoms with van der Waals surface area (Å²) in [5.74, 6) is 2.74. The van der Waals surface area contributed by atoms with Crippen molar-refractivity contribution in [2.24, 2.45) is 23.7 Å². The minimum Gasteiger partial charge on any atom is -0.365 e. The molecule has 2 aliphatic rings. The van der Waals surface area contributed by atoms with E-state index in [1.54, 1.807) is 0 Å². The van der Waals surface area contributed by atoms with Gasteiger partial charge >= 0.3 is 0 Å². The SMILES string of the molecule is CCCc1cnc(-c2ccc(C(OC(c3ccc(-c4cnc(CCC)cn4)cc3)[C@H]3CC[C@H](CC)CC3)[C@H]3CC[C@H](CC)CC3)cc2)cn1. The van der Waals surface area contributed by atoms with E-state index in [1.807, 2.05) is 24.8 Å². The second-order valence-electron chi connectivity index (χ2n) is 14.9. The third kappa shape index (κ3) is 9.03. The Hall–Kier alpha value is -3.44. The van der Waals surface area contributed by atoms with Crippen molar-refractivity contribution in [3.63, 3.8) is 0 Å². The van der Waals surface area contributed by atoms with Gasteiger partial charge in [-0.2, -0.15) is 0 Å². The molecule has 0 aliphatic heterocycles. The summed E-state index contributed by atoms with van der Waals surface area (Å²) < 4.78 is 7.56. The van der Waals surface area contributed by atoms with E-state index < -0.39 is 0 Å². The number of hydrogen-bond acceptors (Lipinski definition) is 5. The van der Waals surface area contributed by atoms with E-state index in [9.17, 15) is 0 Å².